The van der Waals surface area contributed by atoms with E-state index in [0.717, 1.165) is 14.2 Å². The summed E-state index contributed by atoms with van der Waals surface area (Å²) in [6.07, 6.45) is -3.68. The normalized spacial score (nSPS) is 18.2. The van der Waals surface area contributed by atoms with Crippen LogP contribution in [0, 0.1) is 0 Å². The molecule has 0 spiro atoms. The molecule has 2 atom stereocenters. The Labute approximate surface area is 133 Å². The summed E-state index contributed by atoms with van der Waals surface area (Å²) in [5, 5.41) is 0. The highest BCUT2D eigenvalue weighted by Crippen LogP contribution is 2.29. The number of carbonyl (C=O) groups is 3. The zero-order valence-corrected chi connectivity index (χ0v) is 13.6. The minimum Gasteiger partial charge on any atom is -0.467 e. The number of ketones is 1. The minimum absolute atomic E-state index is 0.0102. The van der Waals surface area contributed by atoms with Crippen LogP contribution in [-0.2, 0) is 33.3 Å². The topological polar surface area (TPSA) is 88.1 Å². The van der Waals surface area contributed by atoms with Crippen molar-refractivity contribution in [3.05, 3.63) is 0 Å². The van der Waals surface area contributed by atoms with Gasteiger partial charge in [-0.1, -0.05) is 13.8 Å². The first-order chi connectivity index (χ1) is 10.8. The third kappa shape index (κ3) is 5.83. The quantitative estimate of drug-likeness (QED) is 0.529. The van der Waals surface area contributed by atoms with Crippen molar-refractivity contribution in [1.29, 1.82) is 0 Å². The van der Waals surface area contributed by atoms with Gasteiger partial charge in [0.05, 0.1) is 27.4 Å². The zero-order valence-electron chi connectivity index (χ0n) is 13.6. The fourth-order valence-corrected chi connectivity index (χ4v) is 1.70. The molecule has 2 unspecified atom stereocenters. The van der Waals surface area contributed by atoms with Crippen LogP contribution >= 0.6 is 0 Å². The zero-order chi connectivity index (χ0) is 18.0. The second kappa shape index (κ2) is 10.2. The van der Waals surface area contributed by atoms with Gasteiger partial charge in [0.25, 0.3) is 6.17 Å². The number of alkyl halides is 2. The Bertz CT molecular complexity index is 392. The van der Waals surface area contributed by atoms with Gasteiger partial charge in [0, 0.05) is 12.8 Å². The Morgan fingerprint density at radius 3 is 1.87 bits per heavy atom. The monoisotopic (exact) mass is 340 g/mol. The highest BCUT2D eigenvalue weighted by molar-refractivity contribution is 6.01. The van der Waals surface area contributed by atoms with E-state index in [1.807, 2.05) is 0 Å². The van der Waals surface area contributed by atoms with E-state index in [9.17, 15) is 23.2 Å². The van der Waals surface area contributed by atoms with E-state index in [1.165, 1.54) is 6.92 Å². The molecule has 0 aromatic carbocycles. The first-order valence-corrected chi connectivity index (χ1v) is 7.04. The SMILES string of the molecule is CCC(=O)C(F)C(=O)OC.CCC1(C(F)C(=O)OC)OCCO1. The fraction of sp³-hybridized carbons (Fsp3) is 0.786. The molecule has 23 heavy (non-hydrogen) atoms. The molecule has 1 saturated heterocycles. The van der Waals surface area contributed by atoms with E-state index in [0.29, 0.717) is 13.2 Å². The molecule has 7 nitrogen and oxygen atoms in total. The molecule has 0 bridgehead atoms. The Morgan fingerprint density at radius 2 is 1.52 bits per heavy atom. The lowest BCUT2D eigenvalue weighted by Gasteiger charge is -2.27. The molecule has 1 fully saturated rings. The van der Waals surface area contributed by atoms with Crippen molar-refractivity contribution in [3.63, 3.8) is 0 Å². The summed E-state index contributed by atoms with van der Waals surface area (Å²) in [5.74, 6) is -4.24. The van der Waals surface area contributed by atoms with Crippen molar-refractivity contribution in [2.45, 2.75) is 44.8 Å². The van der Waals surface area contributed by atoms with Crippen LogP contribution in [-0.4, -0.2) is 63.3 Å². The van der Waals surface area contributed by atoms with Crippen molar-refractivity contribution < 1.29 is 42.1 Å². The Kier molecular flexibility index (Phi) is 9.50. The lowest BCUT2D eigenvalue weighted by atomic mass is 10.1. The van der Waals surface area contributed by atoms with Gasteiger partial charge in [0.15, 0.2) is 5.78 Å². The molecule has 0 aromatic rings. The first-order valence-electron chi connectivity index (χ1n) is 7.04. The van der Waals surface area contributed by atoms with Gasteiger partial charge in [-0.15, -0.1) is 0 Å². The molecular weight excluding hydrogens is 318 g/mol. The summed E-state index contributed by atoms with van der Waals surface area (Å²) in [6, 6.07) is 0. The third-order valence-corrected chi connectivity index (χ3v) is 3.10. The molecule has 0 N–H and O–H groups in total. The maximum absolute atomic E-state index is 13.4. The number of ether oxygens (including phenoxy) is 4. The maximum Gasteiger partial charge on any atom is 0.348 e. The highest BCUT2D eigenvalue weighted by Gasteiger charge is 2.48. The van der Waals surface area contributed by atoms with Crippen LogP contribution in [0.1, 0.15) is 26.7 Å². The molecule has 0 aromatic heterocycles. The third-order valence-electron chi connectivity index (χ3n) is 3.10. The van der Waals surface area contributed by atoms with E-state index in [4.69, 9.17) is 9.47 Å². The number of esters is 2. The molecule has 1 aliphatic heterocycles. The number of Topliss-reactive ketones (excluding diaryl/α,β-unsaturated/α-hetero) is 1. The molecule has 134 valence electrons. The van der Waals surface area contributed by atoms with E-state index in [2.05, 4.69) is 9.47 Å². The molecule has 0 aliphatic carbocycles. The van der Waals surface area contributed by atoms with Gasteiger partial charge in [-0.25, -0.2) is 18.4 Å². The van der Waals surface area contributed by atoms with E-state index in [-0.39, 0.29) is 12.8 Å². The van der Waals surface area contributed by atoms with Crippen molar-refractivity contribution in [1.82, 2.24) is 0 Å². The average Bonchev–Trinajstić information content (AvgIpc) is 3.08. The average molecular weight is 340 g/mol. The number of hydrogen-bond acceptors (Lipinski definition) is 7. The lowest BCUT2D eigenvalue weighted by Crippen LogP contribution is -2.45. The van der Waals surface area contributed by atoms with Crippen molar-refractivity contribution in [3.8, 4) is 0 Å². The predicted molar refractivity (Wildman–Crippen MR) is 74.0 cm³/mol. The van der Waals surface area contributed by atoms with Crippen LogP contribution in [0.2, 0.25) is 0 Å². The number of rotatable bonds is 6. The number of carbonyl (C=O) groups excluding carboxylic acids is 3. The summed E-state index contributed by atoms with van der Waals surface area (Å²) in [4.78, 5) is 31.6. The smallest absolute Gasteiger partial charge is 0.348 e. The number of methoxy groups -OCH3 is 2. The van der Waals surface area contributed by atoms with Crippen LogP contribution in [0.25, 0.3) is 0 Å². The van der Waals surface area contributed by atoms with Gasteiger partial charge in [0.2, 0.25) is 12.0 Å². The highest BCUT2D eigenvalue weighted by atomic mass is 19.1. The molecule has 0 radical (unpaired) electrons. The maximum atomic E-state index is 13.4. The van der Waals surface area contributed by atoms with Gasteiger partial charge < -0.3 is 18.9 Å². The fourth-order valence-electron chi connectivity index (χ4n) is 1.70. The molecule has 1 rings (SSSR count). The van der Waals surface area contributed by atoms with Crippen LogP contribution < -0.4 is 0 Å². The molecular formula is C14H22F2O7. The summed E-state index contributed by atoms with van der Waals surface area (Å²) < 4.78 is 44.2. The van der Waals surface area contributed by atoms with Gasteiger partial charge in [-0.05, 0) is 0 Å². The Morgan fingerprint density at radius 1 is 1.04 bits per heavy atom. The largest absolute Gasteiger partial charge is 0.467 e. The minimum atomic E-state index is -2.10. The van der Waals surface area contributed by atoms with E-state index >= 15 is 0 Å². The number of hydrogen-bond donors (Lipinski definition) is 0. The molecule has 0 saturated carbocycles. The van der Waals surface area contributed by atoms with E-state index < -0.39 is 35.9 Å². The molecule has 0 amide bonds. The lowest BCUT2D eigenvalue weighted by molar-refractivity contribution is -0.212. The standard InChI is InChI=1S/C8H13FO4.C6H9FO3/c1-3-8(12-4-5-13-8)6(9)7(10)11-2;1-3-4(8)5(7)6(9)10-2/h6H,3-5H2,1-2H3;5H,3H2,1-2H3. The molecule has 1 aliphatic rings. The second-order valence-corrected chi connectivity index (χ2v) is 4.45. The second-order valence-electron chi connectivity index (χ2n) is 4.45. The van der Waals surface area contributed by atoms with E-state index in [1.54, 1.807) is 6.92 Å². The Hall–Kier alpha value is -1.61. The van der Waals surface area contributed by atoms with Crippen LogP contribution in [0.5, 0.6) is 0 Å². The van der Waals surface area contributed by atoms with Crippen molar-refractivity contribution >= 4 is 17.7 Å². The van der Waals surface area contributed by atoms with Gasteiger partial charge in [-0.3, -0.25) is 4.79 Å². The van der Waals surface area contributed by atoms with Crippen LogP contribution in [0.4, 0.5) is 8.78 Å². The number of halogens is 2. The molecule has 9 heteroatoms. The van der Waals surface area contributed by atoms with Gasteiger partial charge in [-0.2, -0.15) is 0 Å². The van der Waals surface area contributed by atoms with Crippen LogP contribution in [0.15, 0.2) is 0 Å². The summed E-state index contributed by atoms with van der Waals surface area (Å²) in [7, 11) is 2.17. The molecule has 1 heterocycles. The summed E-state index contributed by atoms with van der Waals surface area (Å²) in [5.41, 5.74) is 0. The summed E-state index contributed by atoms with van der Waals surface area (Å²) >= 11 is 0. The Balaban J connectivity index is 0.000000438. The predicted octanol–water partition coefficient (Wildman–Crippen LogP) is 1.13. The van der Waals surface area contributed by atoms with Crippen molar-refractivity contribution in [2.75, 3.05) is 27.4 Å². The van der Waals surface area contributed by atoms with Gasteiger partial charge in [0.1, 0.15) is 0 Å². The first kappa shape index (κ1) is 21.4. The van der Waals surface area contributed by atoms with Gasteiger partial charge >= 0.3 is 11.9 Å². The van der Waals surface area contributed by atoms with Crippen LogP contribution in [0.3, 0.4) is 0 Å². The summed E-state index contributed by atoms with van der Waals surface area (Å²) in [6.45, 7) is 3.80. The van der Waals surface area contributed by atoms with Crippen molar-refractivity contribution in [2.24, 2.45) is 0 Å².